The van der Waals surface area contributed by atoms with Crippen LogP contribution in [0.5, 0.6) is 0 Å². The topological polar surface area (TPSA) is 358 Å². The molecule has 4 aromatic heterocycles. The standard InChI is InChI=1S/2C7H5NO4.2C5H7N3.2H2O.Zn/c2*9-6(10)4-1-2-5(7(11)12)8-3-4;2*1-4-2-3-7-5(6)8-4;;;/h2*1-3H,(H,9,10)(H,11,12);2*2-3H,1H3,(H2,6,7,8);2*1H2;/q;;;;;;+2. The Morgan fingerprint density at radius 3 is 1.09 bits per heavy atom. The number of hydrogen-bond donors (Lipinski definition) is 2. The summed E-state index contributed by atoms with van der Waals surface area (Å²) in [7, 11) is 0. The number of aromatic amines is 2. The van der Waals surface area contributed by atoms with Gasteiger partial charge in [-0.2, -0.15) is 0 Å². The maximum absolute atomic E-state index is 10.2. The molecule has 0 fully saturated rings. The monoisotopic (exact) mass is 652 g/mol. The van der Waals surface area contributed by atoms with Crippen LogP contribution in [0, 0.1) is 13.8 Å². The molecular formula is C24H28N8O10Zn+2. The number of aromatic carboxylic acids is 4. The Bertz CT molecular complexity index is 1250. The van der Waals surface area contributed by atoms with Crippen molar-refractivity contribution in [1.82, 2.24) is 19.9 Å². The van der Waals surface area contributed by atoms with Crippen molar-refractivity contribution in [2.45, 2.75) is 13.8 Å². The number of H-pyrrole nitrogens is 2. The Morgan fingerprint density at radius 2 is 0.930 bits per heavy atom. The molecule has 0 aliphatic carbocycles. The fourth-order valence-corrected chi connectivity index (χ4v) is 2.29. The van der Waals surface area contributed by atoms with Crippen LogP contribution in [0.2, 0.25) is 0 Å². The summed E-state index contributed by atoms with van der Waals surface area (Å²) in [5.41, 5.74) is 11.5. The van der Waals surface area contributed by atoms with Gasteiger partial charge in [-0.3, -0.25) is 21.4 Å². The molecule has 0 unspecified atom stereocenters. The van der Waals surface area contributed by atoms with Crippen molar-refractivity contribution in [1.29, 1.82) is 0 Å². The average molecular weight is 654 g/mol. The minimum Gasteiger partial charge on any atom is -0.545 e. The second kappa shape index (κ2) is 21.3. The van der Waals surface area contributed by atoms with Crippen molar-refractivity contribution < 1.29 is 80.0 Å². The minimum atomic E-state index is -1.44. The number of carbonyl (C=O) groups is 4. The third-order valence-corrected chi connectivity index (χ3v) is 4.12. The average Bonchev–Trinajstić information content (AvgIpc) is 2.89. The van der Waals surface area contributed by atoms with Gasteiger partial charge in [-0.1, -0.05) is 9.97 Å². The first-order valence-electron chi connectivity index (χ1n) is 10.8. The molecule has 0 aliphatic rings. The quantitative estimate of drug-likeness (QED) is 0.153. The molecule has 19 heteroatoms. The zero-order valence-electron chi connectivity index (χ0n) is 22.8. The minimum absolute atomic E-state index is 0. The number of nitrogens with two attached hydrogens (primary N) is 2. The number of hydrogen-bond acceptors (Lipinski definition) is 14. The second-order valence-electron chi connectivity index (χ2n) is 7.25. The van der Waals surface area contributed by atoms with Crippen LogP contribution in [0.15, 0.2) is 61.2 Å². The molecular weight excluding hydrogens is 626 g/mol. The van der Waals surface area contributed by atoms with Crippen molar-refractivity contribution in [2.24, 2.45) is 0 Å². The number of nitrogen functional groups attached to an aromatic ring is 2. The van der Waals surface area contributed by atoms with Crippen molar-refractivity contribution in [3.05, 3.63) is 95.1 Å². The van der Waals surface area contributed by atoms with Gasteiger partial charge in [0.25, 0.3) is 0 Å². The van der Waals surface area contributed by atoms with Gasteiger partial charge in [0.2, 0.25) is 0 Å². The predicted octanol–water partition coefficient (Wildman–Crippen LogP) is -6.66. The van der Waals surface area contributed by atoms with Crippen LogP contribution in [0.3, 0.4) is 0 Å². The molecule has 0 saturated carbocycles. The smallest absolute Gasteiger partial charge is 0.545 e. The summed E-state index contributed by atoms with van der Waals surface area (Å²) in [4.78, 5) is 60.5. The summed E-state index contributed by atoms with van der Waals surface area (Å²) in [6, 6.07) is 7.98. The van der Waals surface area contributed by atoms with E-state index in [1.165, 1.54) is 0 Å². The molecule has 0 amide bonds. The summed E-state index contributed by atoms with van der Waals surface area (Å²) in [5.74, 6) is -4.76. The Kier molecular flexibility index (Phi) is 20.7. The number of aryl methyl sites for hydroxylation is 2. The zero-order chi connectivity index (χ0) is 30.2. The largest absolute Gasteiger partial charge is 2.00 e. The van der Waals surface area contributed by atoms with E-state index in [1.807, 2.05) is 26.0 Å². The first-order valence-corrected chi connectivity index (χ1v) is 10.8. The molecule has 224 valence electrons. The number of nitrogens with zero attached hydrogens (tertiary/aromatic N) is 4. The van der Waals surface area contributed by atoms with Gasteiger partial charge in [0.1, 0.15) is 11.4 Å². The van der Waals surface area contributed by atoms with E-state index in [0.717, 1.165) is 48.0 Å². The van der Waals surface area contributed by atoms with Crippen molar-refractivity contribution in [3.63, 3.8) is 0 Å². The molecule has 4 aromatic rings. The van der Waals surface area contributed by atoms with E-state index in [1.54, 1.807) is 12.4 Å². The van der Waals surface area contributed by atoms with Crippen LogP contribution in [0.1, 0.15) is 53.1 Å². The Hall–Kier alpha value is -5.52. The molecule has 0 aliphatic heterocycles. The molecule has 0 bridgehead atoms. The van der Waals surface area contributed by atoms with Gasteiger partial charge >= 0.3 is 31.4 Å². The molecule has 4 heterocycles. The third-order valence-electron chi connectivity index (χ3n) is 4.12. The SMILES string of the molecule is Cc1cc[nH+]c(N)n1.Cc1cc[nH+]c(N)n1.O=C([O-])c1ccc(C(=O)[O-])nc1.O=C([O-])c1ccc(C(=O)[O-])nc1.[OH3+].[OH3+].[Zn+2]. The number of rotatable bonds is 4. The van der Waals surface area contributed by atoms with Crippen molar-refractivity contribution in [3.8, 4) is 0 Å². The van der Waals surface area contributed by atoms with Gasteiger partial charge in [0.15, 0.2) is 0 Å². The first-order chi connectivity index (χ1) is 18.8. The van der Waals surface area contributed by atoms with E-state index >= 15 is 0 Å². The number of carboxylic acid groups (broad SMARTS) is 4. The fourth-order valence-electron chi connectivity index (χ4n) is 2.29. The maximum atomic E-state index is 10.2. The first kappa shape index (κ1) is 42.0. The number of carbonyl (C=O) groups excluding carboxylic acids is 4. The summed E-state index contributed by atoms with van der Waals surface area (Å²) in [6.45, 7) is 3.79. The maximum Gasteiger partial charge on any atom is 2.00 e. The van der Waals surface area contributed by atoms with E-state index in [-0.39, 0.29) is 52.9 Å². The Morgan fingerprint density at radius 1 is 0.605 bits per heavy atom. The molecule has 43 heavy (non-hydrogen) atoms. The van der Waals surface area contributed by atoms with E-state index in [9.17, 15) is 39.6 Å². The van der Waals surface area contributed by atoms with Crippen molar-refractivity contribution >= 4 is 35.8 Å². The summed E-state index contributed by atoms with van der Waals surface area (Å²) < 4.78 is 0. The molecule has 0 atom stereocenters. The number of anilines is 2. The van der Waals surface area contributed by atoms with E-state index in [4.69, 9.17) is 11.5 Å². The number of aromatic nitrogens is 6. The fraction of sp³-hybridized carbons (Fsp3) is 0.0833. The van der Waals surface area contributed by atoms with Crippen molar-refractivity contribution in [2.75, 3.05) is 11.5 Å². The Labute approximate surface area is 255 Å². The second-order valence-corrected chi connectivity index (χ2v) is 7.25. The zero-order valence-corrected chi connectivity index (χ0v) is 25.8. The summed E-state index contributed by atoms with van der Waals surface area (Å²) in [6.07, 6.45) is 5.33. The van der Waals surface area contributed by atoms with E-state index in [0.29, 0.717) is 11.9 Å². The molecule has 18 nitrogen and oxygen atoms in total. The molecule has 0 aromatic carbocycles. The van der Waals surface area contributed by atoms with Crippen LogP contribution >= 0.6 is 0 Å². The van der Waals surface area contributed by atoms with E-state index in [2.05, 4.69) is 29.9 Å². The molecule has 12 N–H and O–H groups in total. The van der Waals surface area contributed by atoms with Crippen LogP contribution in [0.4, 0.5) is 11.9 Å². The van der Waals surface area contributed by atoms with Gasteiger partial charge in [0, 0.05) is 35.7 Å². The van der Waals surface area contributed by atoms with Gasteiger partial charge in [-0.05, 0) is 38.1 Å². The molecule has 0 radical (unpaired) electrons. The van der Waals surface area contributed by atoms with Crippen LogP contribution in [0.25, 0.3) is 0 Å². The predicted molar refractivity (Wildman–Crippen MR) is 135 cm³/mol. The normalized spacial score (nSPS) is 8.60. The Balaban J connectivity index is -0.000000493. The summed E-state index contributed by atoms with van der Waals surface area (Å²) >= 11 is 0. The number of carboxylic acids is 4. The molecule has 0 spiro atoms. The molecule has 0 saturated heterocycles. The van der Waals surface area contributed by atoms with Gasteiger partial charge < -0.3 is 50.6 Å². The summed E-state index contributed by atoms with van der Waals surface area (Å²) in [5, 5.41) is 40.6. The molecule has 4 rings (SSSR count). The van der Waals surface area contributed by atoms with Crippen LogP contribution in [-0.2, 0) is 30.4 Å². The van der Waals surface area contributed by atoms with Crippen LogP contribution in [-0.4, -0.2) is 43.8 Å². The van der Waals surface area contributed by atoms with Gasteiger partial charge in [-0.25, -0.2) is 9.97 Å². The van der Waals surface area contributed by atoms with Gasteiger partial charge in [-0.15, -0.1) is 0 Å². The van der Waals surface area contributed by atoms with Gasteiger partial charge in [0.05, 0.1) is 47.7 Å². The third kappa shape index (κ3) is 17.0. The number of pyridine rings is 2. The number of nitrogens with one attached hydrogen (secondary N) is 2. The van der Waals surface area contributed by atoms with Crippen LogP contribution < -0.4 is 41.9 Å². The van der Waals surface area contributed by atoms with E-state index < -0.39 is 23.9 Å².